The fourth-order valence-corrected chi connectivity index (χ4v) is 2.84. The third-order valence-electron chi connectivity index (χ3n) is 4.24. The summed E-state index contributed by atoms with van der Waals surface area (Å²) < 4.78 is 11.0. The van der Waals surface area contributed by atoms with Gasteiger partial charge in [0.05, 0.1) is 25.7 Å². The quantitative estimate of drug-likeness (QED) is 0.940. The lowest BCUT2D eigenvalue weighted by Gasteiger charge is -2.34. The Hall–Kier alpha value is -2.34. The molecule has 0 bridgehead atoms. The molecule has 1 aromatic heterocycles. The molecule has 1 amide bonds. The van der Waals surface area contributed by atoms with E-state index in [1.54, 1.807) is 6.07 Å². The number of carboxylic acid groups (broad SMARTS) is 1. The van der Waals surface area contributed by atoms with Crippen molar-refractivity contribution >= 4 is 22.8 Å². The molecule has 1 N–H and O–H groups in total. The highest BCUT2D eigenvalue weighted by Crippen LogP contribution is 2.25. The van der Waals surface area contributed by atoms with Gasteiger partial charge in [-0.15, -0.1) is 0 Å². The van der Waals surface area contributed by atoms with E-state index in [2.05, 4.69) is 0 Å². The third kappa shape index (κ3) is 3.07. The zero-order valence-electron chi connectivity index (χ0n) is 13.2. The highest BCUT2D eigenvalue weighted by Gasteiger charge is 2.31. The van der Waals surface area contributed by atoms with E-state index < -0.39 is 12.0 Å². The predicted molar refractivity (Wildman–Crippen MR) is 83.6 cm³/mol. The summed E-state index contributed by atoms with van der Waals surface area (Å²) in [6.07, 6.45) is -0.135. The smallest absolute Gasteiger partial charge is 0.305 e. The number of furan rings is 1. The average molecular weight is 317 g/mol. The van der Waals surface area contributed by atoms with Crippen LogP contribution in [0.15, 0.2) is 22.6 Å². The fraction of sp³-hybridized carbons (Fsp3) is 0.412. The molecule has 6 nitrogen and oxygen atoms in total. The molecule has 1 saturated heterocycles. The van der Waals surface area contributed by atoms with Crippen LogP contribution in [0.25, 0.3) is 11.0 Å². The Kier molecular flexibility index (Phi) is 4.09. The summed E-state index contributed by atoms with van der Waals surface area (Å²) in [4.78, 5) is 25.2. The van der Waals surface area contributed by atoms with Crippen molar-refractivity contribution in [2.75, 3.05) is 19.8 Å². The Bertz CT molecular complexity index is 725. The number of fused-ring (bicyclic) bond motifs is 1. The lowest BCUT2D eigenvalue weighted by atomic mass is 10.1. The van der Waals surface area contributed by atoms with E-state index in [0.717, 1.165) is 16.5 Å². The monoisotopic (exact) mass is 317 g/mol. The van der Waals surface area contributed by atoms with Crippen molar-refractivity contribution in [1.29, 1.82) is 0 Å². The van der Waals surface area contributed by atoms with E-state index >= 15 is 0 Å². The lowest BCUT2D eigenvalue weighted by Crippen LogP contribution is -2.49. The normalized spacial score (nSPS) is 18.3. The van der Waals surface area contributed by atoms with Crippen LogP contribution in [0, 0.1) is 13.8 Å². The van der Waals surface area contributed by atoms with Gasteiger partial charge in [0, 0.05) is 11.9 Å². The minimum atomic E-state index is -0.950. The Morgan fingerprint density at radius 1 is 1.26 bits per heavy atom. The molecule has 1 atom stereocenters. The molecule has 0 spiro atoms. The van der Waals surface area contributed by atoms with Crippen molar-refractivity contribution in [2.45, 2.75) is 26.3 Å². The van der Waals surface area contributed by atoms with Crippen LogP contribution in [0.3, 0.4) is 0 Å². The topological polar surface area (TPSA) is 80.0 Å². The first-order chi connectivity index (χ1) is 11.0. The molecule has 2 heterocycles. The summed E-state index contributed by atoms with van der Waals surface area (Å²) in [7, 11) is 0. The standard InChI is InChI=1S/C17H19NO5/c1-10-5-12-7-15(23-14(12)6-11(10)2)17(21)18-3-4-22-9-13(18)8-16(19)20/h5-7,13H,3-4,8-9H2,1-2H3,(H,19,20). The lowest BCUT2D eigenvalue weighted by molar-refractivity contribution is -0.139. The molecular formula is C17H19NO5. The van der Waals surface area contributed by atoms with E-state index in [-0.39, 0.29) is 24.7 Å². The van der Waals surface area contributed by atoms with Crippen LogP contribution < -0.4 is 0 Å². The number of hydrogen-bond acceptors (Lipinski definition) is 4. The molecule has 6 heteroatoms. The van der Waals surface area contributed by atoms with E-state index in [0.29, 0.717) is 18.7 Å². The number of rotatable bonds is 3. The minimum Gasteiger partial charge on any atom is -0.481 e. The molecule has 1 unspecified atom stereocenters. The number of nitrogens with zero attached hydrogens (tertiary/aromatic N) is 1. The van der Waals surface area contributed by atoms with Crippen LogP contribution in [-0.4, -0.2) is 47.7 Å². The summed E-state index contributed by atoms with van der Waals surface area (Å²) in [5.41, 5.74) is 2.90. The Morgan fingerprint density at radius 3 is 2.74 bits per heavy atom. The Morgan fingerprint density at radius 2 is 2.00 bits per heavy atom. The van der Waals surface area contributed by atoms with Gasteiger partial charge >= 0.3 is 5.97 Å². The van der Waals surface area contributed by atoms with Gasteiger partial charge < -0.3 is 19.2 Å². The van der Waals surface area contributed by atoms with Gasteiger partial charge in [0.2, 0.25) is 0 Å². The second kappa shape index (κ2) is 6.04. The number of aliphatic carboxylic acids is 1. The van der Waals surface area contributed by atoms with Crippen LogP contribution in [0.5, 0.6) is 0 Å². The number of aryl methyl sites for hydroxylation is 2. The summed E-state index contributed by atoms with van der Waals surface area (Å²) in [6, 6.07) is 5.15. The van der Waals surface area contributed by atoms with Gasteiger partial charge in [-0.3, -0.25) is 9.59 Å². The number of morpholine rings is 1. The average Bonchev–Trinajstić information content (AvgIpc) is 2.90. The SMILES string of the molecule is Cc1cc2cc(C(=O)N3CCOCC3CC(=O)O)oc2cc1C. The van der Waals surface area contributed by atoms with Gasteiger partial charge in [-0.25, -0.2) is 0 Å². The predicted octanol–water partition coefficient (Wildman–Crippen LogP) is 2.37. The molecule has 3 rings (SSSR count). The number of hydrogen-bond donors (Lipinski definition) is 1. The molecule has 0 saturated carbocycles. The van der Waals surface area contributed by atoms with Crippen LogP contribution >= 0.6 is 0 Å². The molecule has 0 aliphatic carbocycles. The van der Waals surface area contributed by atoms with Crippen LogP contribution in [0.4, 0.5) is 0 Å². The minimum absolute atomic E-state index is 0.135. The molecule has 2 aromatic rings. The van der Waals surface area contributed by atoms with Crippen molar-refractivity contribution in [1.82, 2.24) is 4.90 Å². The third-order valence-corrected chi connectivity index (χ3v) is 4.24. The number of carbonyl (C=O) groups excluding carboxylic acids is 1. The maximum Gasteiger partial charge on any atom is 0.305 e. The van der Waals surface area contributed by atoms with Crippen molar-refractivity contribution in [3.63, 3.8) is 0 Å². The maximum atomic E-state index is 12.7. The van der Waals surface area contributed by atoms with Gasteiger partial charge in [-0.2, -0.15) is 0 Å². The second-order valence-corrected chi connectivity index (χ2v) is 5.91. The molecule has 1 fully saturated rings. The Labute approximate surface area is 133 Å². The van der Waals surface area contributed by atoms with Crippen molar-refractivity contribution < 1.29 is 23.8 Å². The largest absolute Gasteiger partial charge is 0.481 e. The molecule has 23 heavy (non-hydrogen) atoms. The molecule has 1 aromatic carbocycles. The first-order valence-electron chi connectivity index (χ1n) is 7.57. The summed E-state index contributed by atoms with van der Waals surface area (Å²) >= 11 is 0. The van der Waals surface area contributed by atoms with Crippen molar-refractivity contribution in [3.05, 3.63) is 35.1 Å². The highest BCUT2D eigenvalue weighted by molar-refractivity contribution is 5.96. The molecular weight excluding hydrogens is 298 g/mol. The van der Waals surface area contributed by atoms with E-state index in [1.807, 2.05) is 26.0 Å². The van der Waals surface area contributed by atoms with E-state index in [9.17, 15) is 9.59 Å². The Balaban J connectivity index is 1.90. The zero-order valence-corrected chi connectivity index (χ0v) is 13.2. The number of benzene rings is 1. The van der Waals surface area contributed by atoms with Gasteiger partial charge in [0.1, 0.15) is 5.58 Å². The summed E-state index contributed by atoms with van der Waals surface area (Å²) in [6.45, 7) is 5.00. The number of carbonyl (C=O) groups is 2. The maximum absolute atomic E-state index is 12.7. The molecule has 1 aliphatic rings. The number of ether oxygens (including phenoxy) is 1. The van der Waals surface area contributed by atoms with Crippen LogP contribution in [-0.2, 0) is 9.53 Å². The number of carboxylic acids is 1. The van der Waals surface area contributed by atoms with Crippen LogP contribution in [0.2, 0.25) is 0 Å². The molecule has 1 aliphatic heterocycles. The molecule has 122 valence electrons. The number of amides is 1. The second-order valence-electron chi connectivity index (χ2n) is 5.91. The summed E-state index contributed by atoms with van der Waals surface area (Å²) in [5, 5.41) is 9.87. The first kappa shape index (κ1) is 15.6. The first-order valence-corrected chi connectivity index (χ1v) is 7.57. The van der Waals surface area contributed by atoms with Gasteiger partial charge in [-0.05, 0) is 43.2 Å². The van der Waals surface area contributed by atoms with Gasteiger partial charge in [0.15, 0.2) is 5.76 Å². The fourth-order valence-electron chi connectivity index (χ4n) is 2.84. The van der Waals surface area contributed by atoms with Crippen LogP contribution in [0.1, 0.15) is 28.1 Å². The van der Waals surface area contributed by atoms with Gasteiger partial charge in [-0.1, -0.05) is 0 Å². The van der Waals surface area contributed by atoms with E-state index in [1.165, 1.54) is 4.90 Å². The van der Waals surface area contributed by atoms with Gasteiger partial charge in [0.25, 0.3) is 5.91 Å². The molecule has 0 radical (unpaired) electrons. The van der Waals surface area contributed by atoms with Crippen molar-refractivity contribution in [3.8, 4) is 0 Å². The van der Waals surface area contributed by atoms with E-state index in [4.69, 9.17) is 14.3 Å². The highest BCUT2D eigenvalue weighted by atomic mass is 16.5. The zero-order chi connectivity index (χ0) is 16.6. The van der Waals surface area contributed by atoms with Crippen molar-refractivity contribution in [2.24, 2.45) is 0 Å². The summed E-state index contributed by atoms with van der Waals surface area (Å²) in [5.74, 6) is -0.998.